The zero-order valence-corrected chi connectivity index (χ0v) is 12.5. The molecule has 1 aromatic carbocycles. The molecule has 0 saturated heterocycles. The van der Waals surface area contributed by atoms with Crippen molar-refractivity contribution in [1.82, 2.24) is 5.32 Å². The van der Waals surface area contributed by atoms with E-state index in [4.69, 9.17) is 9.15 Å². The Morgan fingerprint density at radius 3 is 2.95 bits per heavy atom. The minimum Gasteiger partial charge on any atom is -0.468 e. The summed E-state index contributed by atoms with van der Waals surface area (Å²) >= 11 is 3.45. The maximum atomic E-state index is 5.79. The smallest absolute Gasteiger partial charge is 0.117 e. The van der Waals surface area contributed by atoms with Crippen LogP contribution in [0.25, 0.3) is 0 Å². The highest BCUT2D eigenvalue weighted by Gasteiger charge is 2.03. The van der Waals surface area contributed by atoms with Gasteiger partial charge in [0.15, 0.2) is 0 Å². The second-order valence-corrected chi connectivity index (χ2v) is 5.38. The Balaban J connectivity index is 1.65. The summed E-state index contributed by atoms with van der Waals surface area (Å²) < 4.78 is 12.1. The maximum absolute atomic E-state index is 5.79. The van der Waals surface area contributed by atoms with Crippen molar-refractivity contribution in [3.63, 3.8) is 0 Å². The lowest BCUT2D eigenvalue weighted by molar-refractivity contribution is 0.0527. The number of hydrogen-bond acceptors (Lipinski definition) is 3. The molecule has 1 atom stereocenters. The van der Waals surface area contributed by atoms with Gasteiger partial charge in [-0.25, -0.2) is 0 Å². The van der Waals surface area contributed by atoms with Crippen LogP contribution in [0.3, 0.4) is 0 Å². The van der Waals surface area contributed by atoms with Gasteiger partial charge in [-0.1, -0.05) is 28.1 Å². The minimum absolute atomic E-state index is 0.161. The normalized spacial score (nSPS) is 12.5. The number of benzene rings is 1. The molecule has 3 nitrogen and oxygen atoms in total. The molecule has 0 fully saturated rings. The SMILES string of the molecule is CC(CNCc1ccco1)OCc1cccc(Br)c1. The molecule has 0 aliphatic heterocycles. The maximum Gasteiger partial charge on any atom is 0.117 e. The standard InChI is InChI=1S/C15H18BrNO2/c1-12(9-17-10-15-6-3-7-18-15)19-11-13-4-2-5-14(16)8-13/h2-8,12,17H,9-11H2,1H3. The van der Waals surface area contributed by atoms with Crippen LogP contribution in [0.4, 0.5) is 0 Å². The monoisotopic (exact) mass is 323 g/mol. The molecule has 4 heteroatoms. The van der Waals surface area contributed by atoms with E-state index < -0.39 is 0 Å². The van der Waals surface area contributed by atoms with Crippen LogP contribution >= 0.6 is 15.9 Å². The van der Waals surface area contributed by atoms with Gasteiger partial charge in [0, 0.05) is 11.0 Å². The fourth-order valence-electron chi connectivity index (χ4n) is 1.74. The first-order chi connectivity index (χ1) is 9.24. The number of furan rings is 1. The van der Waals surface area contributed by atoms with Gasteiger partial charge in [0.05, 0.1) is 25.5 Å². The zero-order valence-electron chi connectivity index (χ0n) is 10.9. The molecule has 2 aromatic rings. The minimum atomic E-state index is 0.161. The first-order valence-electron chi connectivity index (χ1n) is 6.33. The molecule has 0 aliphatic rings. The van der Waals surface area contributed by atoms with Gasteiger partial charge >= 0.3 is 0 Å². The highest BCUT2D eigenvalue weighted by atomic mass is 79.9. The van der Waals surface area contributed by atoms with Crippen molar-refractivity contribution in [3.05, 3.63) is 58.5 Å². The summed E-state index contributed by atoms with van der Waals surface area (Å²) in [5.41, 5.74) is 1.17. The topological polar surface area (TPSA) is 34.4 Å². The molecule has 1 unspecified atom stereocenters. The molecule has 0 spiro atoms. The van der Waals surface area contributed by atoms with E-state index in [0.717, 1.165) is 23.3 Å². The summed E-state index contributed by atoms with van der Waals surface area (Å²) in [6.07, 6.45) is 1.85. The Labute approximate surface area is 122 Å². The van der Waals surface area contributed by atoms with Gasteiger partial charge in [-0.05, 0) is 36.8 Å². The van der Waals surface area contributed by atoms with Gasteiger partial charge in [0.25, 0.3) is 0 Å². The summed E-state index contributed by atoms with van der Waals surface area (Å²) in [6, 6.07) is 12.0. The number of nitrogens with one attached hydrogen (secondary N) is 1. The third-order valence-corrected chi connectivity index (χ3v) is 3.23. The number of rotatable bonds is 7. The first kappa shape index (κ1) is 14.3. The lowest BCUT2D eigenvalue weighted by atomic mass is 10.2. The van der Waals surface area contributed by atoms with Gasteiger partial charge in [0.1, 0.15) is 5.76 Å². The van der Waals surface area contributed by atoms with Crippen molar-refractivity contribution in [1.29, 1.82) is 0 Å². The predicted octanol–water partition coefficient (Wildman–Crippen LogP) is 3.74. The molecule has 0 aliphatic carbocycles. The van der Waals surface area contributed by atoms with Gasteiger partial charge in [-0.3, -0.25) is 0 Å². The summed E-state index contributed by atoms with van der Waals surface area (Å²) in [5, 5.41) is 3.31. The average Bonchev–Trinajstić information content (AvgIpc) is 2.90. The lowest BCUT2D eigenvalue weighted by Gasteiger charge is -2.13. The van der Waals surface area contributed by atoms with E-state index in [2.05, 4.69) is 40.3 Å². The van der Waals surface area contributed by atoms with E-state index >= 15 is 0 Å². The van der Waals surface area contributed by atoms with Crippen LogP contribution in [-0.2, 0) is 17.9 Å². The van der Waals surface area contributed by atoms with E-state index in [1.807, 2.05) is 24.3 Å². The molecule has 1 N–H and O–H groups in total. The van der Waals surface area contributed by atoms with Gasteiger partial charge in [-0.2, -0.15) is 0 Å². The van der Waals surface area contributed by atoms with Crippen molar-refractivity contribution in [2.24, 2.45) is 0 Å². The molecule has 0 bridgehead atoms. The first-order valence-corrected chi connectivity index (χ1v) is 7.12. The lowest BCUT2D eigenvalue weighted by Crippen LogP contribution is -2.26. The fraction of sp³-hybridized carbons (Fsp3) is 0.333. The van der Waals surface area contributed by atoms with Crippen LogP contribution in [0.2, 0.25) is 0 Å². The number of halogens is 1. The molecule has 19 heavy (non-hydrogen) atoms. The number of hydrogen-bond donors (Lipinski definition) is 1. The van der Waals surface area contributed by atoms with Crippen LogP contribution in [0.15, 0.2) is 51.6 Å². The Kier molecular flexibility index (Phi) is 5.63. The second kappa shape index (κ2) is 7.48. The van der Waals surface area contributed by atoms with Crippen LogP contribution in [-0.4, -0.2) is 12.6 Å². The second-order valence-electron chi connectivity index (χ2n) is 4.46. The molecular weight excluding hydrogens is 306 g/mol. The van der Waals surface area contributed by atoms with Crippen LogP contribution in [0.1, 0.15) is 18.2 Å². The highest BCUT2D eigenvalue weighted by molar-refractivity contribution is 9.10. The largest absolute Gasteiger partial charge is 0.468 e. The van der Waals surface area contributed by atoms with E-state index in [1.165, 1.54) is 5.56 Å². The van der Waals surface area contributed by atoms with Crippen molar-refractivity contribution in [2.75, 3.05) is 6.54 Å². The van der Waals surface area contributed by atoms with E-state index in [-0.39, 0.29) is 6.10 Å². The van der Waals surface area contributed by atoms with Gasteiger partial charge in [0.2, 0.25) is 0 Å². The summed E-state index contributed by atoms with van der Waals surface area (Å²) in [6.45, 7) is 4.22. The quantitative estimate of drug-likeness (QED) is 0.842. The van der Waals surface area contributed by atoms with Gasteiger partial charge < -0.3 is 14.5 Å². The molecule has 2 rings (SSSR count). The number of ether oxygens (including phenoxy) is 1. The van der Waals surface area contributed by atoms with Crippen LogP contribution in [0.5, 0.6) is 0 Å². The van der Waals surface area contributed by atoms with E-state index in [1.54, 1.807) is 6.26 Å². The third-order valence-electron chi connectivity index (χ3n) is 2.73. The molecule has 0 amide bonds. The van der Waals surface area contributed by atoms with E-state index in [9.17, 15) is 0 Å². The van der Waals surface area contributed by atoms with Crippen molar-refractivity contribution in [2.45, 2.75) is 26.2 Å². The molecule has 1 aromatic heterocycles. The predicted molar refractivity (Wildman–Crippen MR) is 78.8 cm³/mol. The van der Waals surface area contributed by atoms with Crippen molar-refractivity contribution < 1.29 is 9.15 Å². The summed E-state index contributed by atoms with van der Waals surface area (Å²) in [4.78, 5) is 0. The zero-order chi connectivity index (χ0) is 13.5. The Hall–Kier alpha value is -1.10. The van der Waals surface area contributed by atoms with E-state index in [0.29, 0.717) is 6.61 Å². The third kappa shape index (κ3) is 5.19. The van der Waals surface area contributed by atoms with Crippen LogP contribution in [0, 0.1) is 0 Å². The molecule has 0 radical (unpaired) electrons. The van der Waals surface area contributed by atoms with Gasteiger partial charge in [-0.15, -0.1) is 0 Å². The summed E-state index contributed by atoms with van der Waals surface area (Å²) in [7, 11) is 0. The molecular formula is C15H18BrNO2. The molecule has 0 saturated carbocycles. The van der Waals surface area contributed by atoms with Crippen molar-refractivity contribution >= 4 is 15.9 Å². The molecule has 1 heterocycles. The highest BCUT2D eigenvalue weighted by Crippen LogP contribution is 2.12. The van der Waals surface area contributed by atoms with Crippen LogP contribution < -0.4 is 5.32 Å². The Morgan fingerprint density at radius 1 is 1.32 bits per heavy atom. The van der Waals surface area contributed by atoms with Crippen molar-refractivity contribution in [3.8, 4) is 0 Å². The molecule has 102 valence electrons. The Bertz CT molecular complexity index is 485. The average molecular weight is 324 g/mol. The Morgan fingerprint density at radius 2 is 2.21 bits per heavy atom. The fourth-order valence-corrected chi connectivity index (χ4v) is 2.18. The summed E-state index contributed by atoms with van der Waals surface area (Å²) in [5.74, 6) is 0.944.